The quantitative estimate of drug-likeness (QED) is 0.154. The van der Waals surface area contributed by atoms with E-state index in [0.717, 1.165) is 90.1 Å². The van der Waals surface area contributed by atoms with Crippen LogP contribution in [0.3, 0.4) is 0 Å². The van der Waals surface area contributed by atoms with Crippen LogP contribution >= 0.6 is 23.4 Å². The standard InChI is InChI=1S/C34H34ClN7OS/c1-41-13-11-38-34(41)44-32-9-7-28(20-30(32)35)40-33-27(21-36)23-39-31-19-26(6-8-29(31)33)25-5-2-4-24(18-25)22-37-10-3-12-42-14-16-43-17-15-42/h2,4-9,11,13,18-20,23,37H,3,10,12,14-17,22H2,1H3,(H,39,40). The van der Waals surface area contributed by atoms with E-state index in [9.17, 15) is 5.26 Å². The summed E-state index contributed by atoms with van der Waals surface area (Å²) in [5.74, 6) is 0. The fourth-order valence-electron chi connectivity index (χ4n) is 5.29. The highest BCUT2D eigenvalue weighted by Crippen LogP contribution is 2.36. The number of imidazole rings is 1. The number of morpholine rings is 1. The topological polar surface area (TPSA) is 91.0 Å². The van der Waals surface area contributed by atoms with Crippen molar-refractivity contribution >= 4 is 45.6 Å². The van der Waals surface area contributed by atoms with Gasteiger partial charge < -0.3 is 19.9 Å². The lowest BCUT2D eigenvalue weighted by Gasteiger charge is -2.26. The summed E-state index contributed by atoms with van der Waals surface area (Å²) >= 11 is 8.16. The molecular formula is C34H34ClN7OS. The van der Waals surface area contributed by atoms with Crippen molar-refractivity contribution in [3.63, 3.8) is 0 Å². The number of pyridine rings is 1. The molecule has 1 fully saturated rings. The molecule has 1 aliphatic rings. The van der Waals surface area contributed by atoms with Crippen molar-refractivity contribution in [2.24, 2.45) is 7.05 Å². The Morgan fingerprint density at radius 2 is 1.91 bits per heavy atom. The number of rotatable bonds is 11. The molecule has 44 heavy (non-hydrogen) atoms. The number of nitriles is 1. The summed E-state index contributed by atoms with van der Waals surface area (Å²) in [6.45, 7) is 6.67. The minimum atomic E-state index is 0.467. The van der Waals surface area contributed by atoms with Crippen LogP contribution in [-0.2, 0) is 18.3 Å². The molecule has 1 aliphatic heterocycles. The van der Waals surface area contributed by atoms with E-state index in [1.54, 1.807) is 12.4 Å². The predicted molar refractivity (Wildman–Crippen MR) is 178 cm³/mol. The second-order valence-electron chi connectivity index (χ2n) is 10.8. The molecule has 0 unspecified atom stereocenters. The molecule has 5 aromatic rings. The molecule has 10 heteroatoms. The molecule has 8 nitrogen and oxygen atoms in total. The molecule has 0 bridgehead atoms. The number of hydrogen-bond donors (Lipinski definition) is 2. The van der Waals surface area contributed by atoms with E-state index < -0.39 is 0 Å². The van der Waals surface area contributed by atoms with Gasteiger partial charge in [-0.15, -0.1) is 0 Å². The molecule has 3 aromatic carbocycles. The third-order valence-corrected chi connectivity index (χ3v) is 9.27. The van der Waals surface area contributed by atoms with E-state index in [4.69, 9.17) is 16.3 Å². The number of hydrogen-bond acceptors (Lipinski definition) is 8. The van der Waals surface area contributed by atoms with Gasteiger partial charge in [-0.25, -0.2) is 4.98 Å². The second-order valence-corrected chi connectivity index (χ2v) is 12.2. The highest BCUT2D eigenvalue weighted by atomic mass is 35.5. The molecule has 0 amide bonds. The summed E-state index contributed by atoms with van der Waals surface area (Å²) in [5, 5.41) is 19.2. The summed E-state index contributed by atoms with van der Waals surface area (Å²) in [5.41, 5.74) is 6.22. The van der Waals surface area contributed by atoms with Crippen molar-refractivity contribution in [2.75, 3.05) is 44.7 Å². The van der Waals surface area contributed by atoms with Gasteiger partial charge in [0.15, 0.2) is 5.16 Å². The van der Waals surface area contributed by atoms with Crippen LogP contribution in [-0.4, -0.2) is 58.8 Å². The van der Waals surface area contributed by atoms with E-state index in [1.165, 1.54) is 17.3 Å². The van der Waals surface area contributed by atoms with Crippen LogP contribution in [0.15, 0.2) is 89.3 Å². The van der Waals surface area contributed by atoms with Gasteiger partial charge in [0.25, 0.3) is 0 Å². The minimum absolute atomic E-state index is 0.467. The Morgan fingerprint density at radius 3 is 2.70 bits per heavy atom. The normalized spacial score (nSPS) is 13.7. The van der Waals surface area contributed by atoms with E-state index in [1.807, 2.05) is 42.1 Å². The van der Waals surface area contributed by atoms with Gasteiger partial charge in [-0.1, -0.05) is 53.7 Å². The molecule has 3 heterocycles. The lowest BCUT2D eigenvalue weighted by molar-refractivity contribution is 0.0374. The van der Waals surface area contributed by atoms with Crippen molar-refractivity contribution in [3.8, 4) is 17.2 Å². The van der Waals surface area contributed by atoms with Crippen molar-refractivity contribution in [3.05, 3.63) is 95.4 Å². The number of anilines is 2. The summed E-state index contributed by atoms with van der Waals surface area (Å²) in [6, 6.07) is 22.9. The lowest BCUT2D eigenvalue weighted by atomic mass is 10.00. The average molecular weight is 624 g/mol. The Hall–Kier alpha value is -3.91. The van der Waals surface area contributed by atoms with Gasteiger partial charge in [-0.3, -0.25) is 9.88 Å². The zero-order valence-electron chi connectivity index (χ0n) is 24.6. The third-order valence-electron chi connectivity index (χ3n) is 7.69. The molecule has 0 aliphatic carbocycles. The number of halogens is 1. The summed E-state index contributed by atoms with van der Waals surface area (Å²) in [4.78, 5) is 12.4. The summed E-state index contributed by atoms with van der Waals surface area (Å²) < 4.78 is 7.39. The molecule has 224 valence electrons. The number of benzene rings is 3. The van der Waals surface area contributed by atoms with Crippen LogP contribution in [0, 0.1) is 11.3 Å². The van der Waals surface area contributed by atoms with Crippen LogP contribution in [0.4, 0.5) is 11.4 Å². The maximum Gasteiger partial charge on any atom is 0.172 e. The molecule has 1 saturated heterocycles. The summed E-state index contributed by atoms with van der Waals surface area (Å²) in [6.07, 6.45) is 6.41. The Labute approximate surface area is 267 Å². The van der Waals surface area contributed by atoms with Gasteiger partial charge in [0.1, 0.15) is 6.07 Å². The van der Waals surface area contributed by atoms with Crippen LogP contribution in [0.1, 0.15) is 17.5 Å². The first kappa shape index (κ1) is 30.1. The van der Waals surface area contributed by atoms with Crippen LogP contribution in [0.2, 0.25) is 5.02 Å². The Morgan fingerprint density at radius 1 is 1.05 bits per heavy atom. The van der Waals surface area contributed by atoms with Crippen LogP contribution < -0.4 is 10.6 Å². The molecule has 2 aromatic heterocycles. The molecule has 0 atom stereocenters. The first-order chi connectivity index (χ1) is 21.6. The number of nitrogens with one attached hydrogen (secondary N) is 2. The van der Waals surface area contributed by atoms with Crippen LogP contribution in [0.5, 0.6) is 0 Å². The Bertz CT molecular complexity index is 1790. The molecular weight excluding hydrogens is 590 g/mol. The minimum Gasteiger partial charge on any atom is -0.379 e. The van der Waals surface area contributed by atoms with E-state index in [-0.39, 0.29) is 0 Å². The monoisotopic (exact) mass is 623 g/mol. The van der Waals surface area contributed by atoms with Crippen LogP contribution in [0.25, 0.3) is 22.0 Å². The molecule has 0 saturated carbocycles. The number of fused-ring (bicyclic) bond motifs is 1. The maximum atomic E-state index is 9.88. The second kappa shape index (κ2) is 14.2. The van der Waals surface area contributed by atoms with Crippen molar-refractivity contribution < 1.29 is 4.74 Å². The van der Waals surface area contributed by atoms with Crippen molar-refractivity contribution in [1.82, 2.24) is 24.8 Å². The lowest BCUT2D eigenvalue weighted by Crippen LogP contribution is -2.37. The van der Waals surface area contributed by atoms with Gasteiger partial charge in [-0.2, -0.15) is 5.26 Å². The smallest absolute Gasteiger partial charge is 0.172 e. The van der Waals surface area contributed by atoms with Crippen molar-refractivity contribution in [1.29, 1.82) is 5.26 Å². The highest BCUT2D eigenvalue weighted by molar-refractivity contribution is 7.99. The first-order valence-corrected chi connectivity index (χ1v) is 15.9. The van der Waals surface area contributed by atoms with Gasteiger partial charge >= 0.3 is 0 Å². The molecule has 0 spiro atoms. The Balaban J connectivity index is 1.15. The van der Waals surface area contributed by atoms with E-state index in [2.05, 4.69) is 68.0 Å². The highest BCUT2D eigenvalue weighted by Gasteiger charge is 2.13. The predicted octanol–water partition coefficient (Wildman–Crippen LogP) is 6.87. The number of aryl methyl sites for hydroxylation is 1. The number of nitrogens with zero attached hydrogens (tertiary/aromatic N) is 5. The van der Waals surface area contributed by atoms with Gasteiger partial charge in [-0.05, 0) is 66.5 Å². The van der Waals surface area contributed by atoms with E-state index in [0.29, 0.717) is 16.3 Å². The SMILES string of the molecule is Cn1ccnc1Sc1ccc(Nc2c(C#N)cnc3cc(-c4cccc(CNCCCN5CCOCC5)c4)ccc23)cc1Cl. The molecule has 6 rings (SSSR count). The fourth-order valence-corrected chi connectivity index (χ4v) is 6.40. The average Bonchev–Trinajstić information content (AvgIpc) is 3.46. The third kappa shape index (κ3) is 7.24. The van der Waals surface area contributed by atoms with Gasteiger partial charge in [0.05, 0.1) is 35.0 Å². The fraction of sp³-hybridized carbons (Fsp3) is 0.265. The zero-order valence-corrected chi connectivity index (χ0v) is 26.2. The first-order valence-electron chi connectivity index (χ1n) is 14.7. The van der Waals surface area contributed by atoms with Crippen molar-refractivity contribution in [2.45, 2.75) is 23.0 Å². The maximum absolute atomic E-state index is 9.88. The zero-order chi connectivity index (χ0) is 30.3. The summed E-state index contributed by atoms with van der Waals surface area (Å²) in [7, 11) is 1.95. The van der Waals surface area contributed by atoms with E-state index >= 15 is 0 Å². The molecule has 2 N–H and O–H groups in total. The van der Waals surface area contributed by atoms with Gasteiger partial charge in [0.2, 0.25) is 0 Å². The number of ether oxygens (including phenoxy) is 1. The Kier molecular flexibility index (Phi) is 9.76. The van der Waals surface area contributed by atoms with Gasteiger partial charge in [0, 0.05) is 61.2 Å². The largest absolute Gasteiger partial charge is 0.379 e. The number of aromatic nitrogens is 3. The molecule has 0 radical (unpaired) electrons.